The predicted molar refractivity (Wildman–Crippen MR) is 132 cm³/mol. The molecule has 174 valence electrons. The number of thiophene rings is 1. The second-order valence-electron chi connectivity index (χ2n) is 7.84. The average Bonchev–Trinajstić information content (AvgIpc) is 3.58. The van der Waals surface area contributed by atoms with Crippen molar-refractivity contribution in [2.24, 2.45) is 0 Å². The number of carbonyl (C=O) groups excluding carboxylic acids is 2. The van der Waals surface area contributed by atoms with Gasteiger partial charge in [0.2, 0.25) is 0 Å². The largest absolute Gasteiger partial charge is 0.452 e. The summed E-state index contributed by atoms with van der Waals surface area (Å²) in [5.41, 5.74) is 2.71. The average molecular weight is 476 g/mol. The quantitative estimate of drug-likeness (QED) is 0.281. The van der Waals surface area contributed by atoms with Gasteiger partial charge in [-0.3, -0.25) is 9.48 Å². The van der Waals surface area contributed by atoms with Crippen LogP contribution in [-0.2, 0) is 20.9 Å². The van der Waals surface area contributed by atoms with Crippen molar-refractivity contribution in [3.05, 3.63) is 83.5 Å². The summed E-state index contributed by atoms with van der Waals surface area (Å²) in [7, 11) is 0. The van der Waals surface area contributed by atoms with E-state index in [2.05, 4.69) is 10.4 Å². The minimum Gasteiger partial charge on any atom is -0.452 e. The standard InChI is InChI=1S/C25H25N5O3S/c1-18(2)30-22(12-13-26-30)27-23(31)17-33-24(32)11-10-20-16-29(15-19-7-4-3-5-8-19)28-25(20)21-9-6-14-34-21/h3-14,16,18H,15,17H2,1-2H3,(H,27,31)/b11-10+. The van der Waals surface area contributed by atoms with Crippen LogP contribution in [-0.4, -0.2) is 38.0 Å². The number of hydrogen-bond donors (Lipinski definition) is 1. The first kappa shape index (κ1) is 23.2. The molecule has 4 aromatic rings. The van der Waals surface area contributed by atoms with Crippen LogP contribution in [0.25, 0.3) is 16.6 Å². The van der Waals surface area contributed by atoms with Gasteiger partial charge >= 0.3 is 5.97 Å². The molecule has 0 saturated heterocycles. The molecule has 0 fully saturated rings. The molecule has 0 atom stereocenters. The van der Waals surface area contributed by atoms with E-state index in [4.69, 9.17) is 9.84 Å². The van der Waals surface area contributed by atoms with Gasteiger partial charge < -0.3 is 10.1 Å². The monoisotopic (exact) mass is 475 g/mol. The maximum atomic E-state index is 12.3. The van der Waals surface area contributed by atoms with E-state index in [1.165, 1.54) is 6.08 Å². The zero-order valence-electron chi connectivity index (χ0n) is 18.9. The zero-order chi connectivity index (χ0) is 23.9. The van der Waals surface area contributed by atoms with Crippen LogP contribution < -0.4 is 5.32 Å². The van der Waals surface area contributed by atoms with Gasteiger partial charge in [0.25, 0.3) is 5.91 Å². The lowest BCUT2D eigenvalue weighted by atomic mass is 10.2. The minimum atomic E-state index is -0.611. The molecule has 0 unspecified atom stereocenters. The molecule has 3 heterocycles. The minimum absolute atomic E-state index is 0.0936. The summed E-state index contributed by atoms with van der Waals surface area (Å²) in [5, 5.41) is 13.6. The smallest absolute Gasteiger partial charge is 0.331 e. The van der Waals surface area contributed by atoms with E-state index in [0.29, 0.717) is 12.4 Å². The van der Waals surface area contributed by atoms with Crippen LogP contribution in [0.5, 0.6) is 0 Å². The van der Waals surface area contributed by atoms with Crippen molar-refractivity contribution in [2.75, 3.05) is 11.9 Å². The Morgan fingerprint density at radius 1 is 1.15 bits per heavy atom. The van der Waals surface area contributed by atoms with Gasteiger partial charge in [0.05, 0.1) is 17.6 Å². The van der Waals surface area contributed by atoms with E-state index in [0.717, 1.165) is 21.7 Å². The number of esters is 1. The number of nitrogens with one attached hydrogen (secondary N) is 1. The van der Waals surface area contributed by atoms with Gasteiger partial charge in [0.1, 0.15) is 11.5 Å². The number of hydrogen-bond acceptors (Lipinski definition) is 6. The van der Waals surface area contributed by atoms with E-state index < -0.39 is 18.5 Å². The predicted octanol–water partition coefficient (Wildman–Crippen LogP) is 4.63. The molecule has 0 radical (unpaired) electrons. The number of amides is 1. The maximum absolute atomic E-state index is 12.3. The summed E-state index contributed by atoms with van der Waals surface area (Å²) < 4.78 is 8.64. The van der Waals surface area contributed by atoms with Crippen molar-refractivity contribution < 1.29 is 14.3 Å². The molecular weight excluding hydrogens is 450 g/mol. The highest BCUT2D eigenvalue weighted by molar-refractivity contribution is 7.13. The topological polar surface area (TPSA) is 91.0 Å². The number of rotatable bonds is 9. The summed E-state index contributed by atoms with van der Waals surface area (Å²) in [4.78, 5) is 25.4. The second-order valence-corrected chi connectivity index (χ2v) is 8.79. The Hall–Kier alpha value is -3.98. The fourth-order valence-electron chi connectivity index (χ4n) is 3.36. The van der Waals surface area contributed by atoms with E-state index >= 15 is 0 Å². The normalized spacial score (nSPS) is 11.3. The highest BCUT2D eigenvalue weighted by Crippen LogP contribution is 2.27. The molecule has 0 spiro atoms. The molecule has 8 nitrogen and oxygen atoms in total. The molecule has 0 aliphatic rings. The molecule has 0 aliphatic carbocycles. The third-order valence-electron chi connectivity index (χ3n) is 4.90. The molecule has 3 aromatic heterocycles. The summed E-state index contributed by atoms with van der Waals surface area (Å²) in [6.07, 6.45) is 6.48. The zero-order valence-corrected chi connectivity index (χ0v) is 19.7. The lowest BCUT2D eigenvalue weighted by Gasteiger charge is -2.11. The van der Waals surface area contributed by atoms with Crippen molar-refractivity contribution in [2.45, 2.75) is 26.4 Å². The third-order valence-corrected chi connectivity index (χ3v) is 5.78. The number of carbonyl (C=O) groups is 2. The number of anilines is 1. The van der Waals surface area contributed by atoms with Gasteiger partial charge in [-0.05, 0) is 36.9 Å². The van der Waals surface area contributed by atoms with E-state index in [1.54, 1.807) is 34.4 Å². The van der Waals surface area contributed by atoms with Gasteiger partial charge in [-0.2, -0.15) is 10.2 Å². The fraction of sp³-hybridized carbons (Fsp3) is 0.200. The third kappa shape index (κ3) is 5.87. The summed E-state index contributed by atoms with van der Waals surface area (Å²) in [5.74, 6) is -0.488. The molecule has 4 rings (SSSR count). The van der Waals surface area contributed by atoms with Crippen LogP contribution in [0.15, 0.2) is 72.4 Å². The van der Waals surface area contributed by atoms with Gasteiger partial charge in [-0.25, -0.2) is 9.48 Å². The van der Waals surface area contributed by atoms with Crippen LogP contribution >= 0.6 is 11.3 Å². The Labute approximate surface area is 201 Å². The fourth-order valence-corrected chi connectivity index (χ4v) is 4.09. The first-order valence-electron chi connectivity index (χ1n) is 10.8. The highest BCUT2D eigenvalue weighted by Gasteiger charge is 2.13. The molecule has 0 saturated carbocycles. The van der Waals surface area contributed by atoms with Gasteiger partial charge in [-0.1, -0.05) is 36.4 Å². The lowest BCUT2D eigenvalue weighted by molar-refractivity contribution is -0.142. The number of aromatic nitrogens is 4. The SMILES string of the molecule is CC(C)n1nccc1NC(=O)COC(=O)/C=C/c1cn(Cc2ccccc2)nc1-c1cccs1. The van der Waals surface area contributed by atoms with Crippen molar-refractivity contribution in [3.63, 3.8) is 0 Å². The van der Waals surface area contributed by atoms with E-state index in [-0.39, 0.29) is 6.04 Å². The Kier molecular flexibility index (Phi) is 7.34. The molecule has 1 N–H and O–H groups in total. The summed E-state index contributed by atoms with van der Waals surface area (Å²) in [6, 6.07) is 15.8. The molecule has 0 bridgehead atoms. The molecule has 9 heteroatoms. The van der Waals surface area contributed by atoms with Crippen molar-refractivity contribution in [3.8, 4) is 10.6 Å². The molecule has 1 amide bonds. The van der Waals surface area contributed by atoms with Gasteiger partial charge in [-0.15, -0.1) is 11.3 Å². The number of nitrogens with zero attached hydrogens (tertiary/aromatic N) is 4. The first-order valence-corrected chi connectivity index (χ1v) is 11.7. The molecular formula is C25H25N5O3S. The second kappa shape index (κ2) is 10.8. The van der Waals surface area contributed by atoms with Gasteiger partial charge in [0, 0.05) is 29.9 Å². The number of benzene rings is 1. The van der Waals surface area contributed by atoms with Crippen molar-refractivity contribution in [1.82, 2.24) is 19.6 Å². The summed E-state index contributed by atoms with van der Waals surface area (Å²) >= 11 is 1.58. The Morgan fingerprint density at radius 3 is 2.71 bits per heavy atom. The van der Waals surface area contributed by atoms with E-state index in [9.17, 15) is 9.59 Å². The van der Waals surface area contributed by atoms with Crippen molar-refractivity contribution >= 4 is 35.1 Å². The molecule has 0 aliphatic heterocycles. The summed E-state index contributed by atoms with van der Waals surface area (Å²) in [6.45, 7) is 4.14. The van der Waals surface area contributed by atoms with Gasteiger partial charge in [0.15, 0.2) is 6.61 Å². The Morgan fingerprint density at radius 2 is 1.97 bits per heavy atom. The maximum Gasteiger partial charge on any atom is 0.331 e. The number of ether oxygens (including phenoxy) is 1. The molecule has 34 heavy (non-hydrogen) atoms. The highest BCUT2D eigenvalue weighted by atomic mass is 32.1. The van der Waals surface area contributed by atoms with Crippen molar-refractivity contribution in [1.29, 1.82) is 0 Å². The Balaban J connectivity index is 1.40. The van der Waals surface area contributed by atoms with Crippen LogP contribution in [0.2, 0.25) is 0 Å². The van der Waals surface area contributed by atoms with Crippen LogP contribution in [0.3, 0.4) is 0 Å². The van der Waals surface area contributed by atoms with Crippen LogP contribution in [0, 0.1) is 0 Å². The van der Waals surface area contributed by atoms with Crippen LogP contribution in [0.1, 0.15) is 31.0 Å². The Bertz CT molecular complexity index is 1270. The lowest BCUT2D eigenvalue weighted by Crippen LogP contribution is -2.22. The molecule has 1 aromatic carbocycles. The first-order chi connectivity index (χ1) is 16.5. The van der Waals surface area contributed by atoms with Crippen LogP contribution in [0.4, 0.5) is 5.82 Å². The van der Waals surface area contributed by atoms with E-state index in [1.807, 2.05) is 72.6 Å².